The third-order valence-electron chi connectivity index (χ3n) is 4.95. The second-order valence-corrected chi connectivity index (χ2v) is 7.69. The number of amides is 1. The Hall–Kier alpha value is -2.94. The molecule has 0 bridgehead atoms. The molecule has 2 aromatic heterocycles. The van der Waals surface area contributed by atoms with Crippen molar-refractivity contribution >= 4 is 46.4 Å². The van der Waals surface area contributed by atoms with E-state index in [0.717, 1.165) is 30.9 Å². The first-order chi connectivity index (χ1) is 14.6. The number of rotatable bonds is 3. The van der Waals surface area contributed by atoms with E-state index in [1.165, 1.54) is 16.7 Å². The van der Waals surface area contributed by atoms with Crippen molar-refractivity contribution in [1.82, 2.24) is 20.3 Å². The van der Waals surface area contributed by atoms with Gasteiger partial charge in [-0.25, -0.2) is 4.98 Å². The average Bonchev–Trinajstić information content (AvgIpc) is 2.75. The number of nitrogens with zero attached hydrogens (tertiary/aromatic N) is 4. The average molecular weight is 443 g/mol. The van der Waals surface area contributed by atoms with Crippen LogP contribution in [0.4, 0.5) is 17.3 Å². The molecule has 0 saturated heterocycles. The third kappa shape index (κ3) is 3.43. The predicted octanol–water partition coefficient (Wildman–Crippen LogP) is 3.56. The maximum Gasteiger partial charge on any atom is 0.268 e. The monoisotopic (exact) mass is 442 g/mol. The number of fused-ring (bicyclic) bond motifs is 2. The van der Waals surface area contributed by atoms with Gasteiger partial charge in [0, 0.05) is 12.7 Å². The van der Waals surface area contributed by atoms with E-state index in [-0.39, 0.29) is 24.1 Å². The normalized spacial score (nSPS) is 15.3. The molecule has 5 rings (SSSR count). The van der Waals surface area contributed by atoms with E-state index >= 15 is 0 Å². The van der Waals surface area contributed by atoms with Crippen molar-refractivity contribution in [3.05, 3.63) is 63.5 Å². The van der Waals surface area contributed by atoms with Gasteiger partial charge in [-0.05, 0) is 36.7 Å². The Morgan fingerprint density at radius 2 is 2.00 bits per heavy atom. The molecular formula is C20H16Cl2N6O2. The van der Waals surface area contributed by atoms with Gasteiger partial charge in [0.2, 0.25) is 11.8 Å². The van der Waals surface area contributed by atoms with E-state index in [0.29, 0.717) is 21.7 Å². The number of benzene rings is 1. The first-order valence-electron chi connectivity index (χ1n) is 9.31. The molecule has 152 valence electrons. The summed E-state index contributed by atoms with van der Waals surface area (Å²) in [5.41, 5.74) is 3.65. The van der Waals surface area contributed by atoms with Crippen LogP contribution in [0.1, 0.15) is 21.6 Å². The Labute approximate surface area is 182 Å². The fraction of sp³-hybridized carbons (Fsp3) is 0.200. The molecule has 30 heavy (non-hydrogen) atoms. The number of aromatic nitrogens is 3. The van der Waals surface area contributed by atoms with Gasteiger partial charge in [0.05, 0.1) is 33.3 Å². The number of ether oxygens (including phenoxy) is 1. The van der Waals surface area contributed by atoms with Gasteiger partial charge in [-0.3, -0.25) is 14.7 Å². The quantitative estimate of drug-likeness (QED) is 0.640. The molecule has 0 unspecified atom stereocenters. The van der Waals surface area contributed by atoms with Crippen LogP contribution < -0.4 is 20.3 Å². The Morgan fingerprint density at radius 3 is 2.83 bits per heavy atom. The predicted molar refractivity (Wildman–Crippen MR) is 114 cm³/mol. The van der Waals surface area contributed by atoms with Gasteiger partial charge >= 0.3 is 0 Å². The molecule has 8 nitrogen and oxygen atoms in total. The highest BCUT2D eigenvalue weighted by atomic mass is 35.5. The SMILES string of the molecule is O=C1c2cnc(Nc3cnc4c(c3)CCNC4)nc2OCN1c1c(Cl)cccc1Cl. The first-order valence-corrected chi connectivity index (χ1v) is 10.1. The van der Waals surface area contributed by atoms with Crippen LogP contribution in [0.15, 0.2) is 36.7 Å². The minimum absolute atomic E-state index is 0.0564. The van der Waals surface area contributed by atoms with Crippen LogP contribution in [0, 0.1) is 0 Å². The van der Waals surface area contributed by atoms with E-state index in [4.69, 9.17) is 27.9 Å². The van der Waals surface area contributed by atoms with E-state index in [9.17, 15) is 4.79 Å². The molecule has 2 aliphatic heterocycles. The highest BCUT2D eigenvalue weighted by Gasteiger charge is 2.31. The van der Waals surface area contributed by atoms with Crippen LogP contribution >= 0.6 is 23.2 Å². The Kier molecular flexibility index (Phi) is 4.90. The topological polar surface area (TPSA) is 92.3 Å². The van der Waals surface area contributed by atoms with Gasteiger partial charge in [0.1, 0.15) is 5.56 Å². The summed E-state index contributed by atoms with van der Waals surface area (Å²) in [5.74, 6) is 0.189. The number of anilines is 3. The van der Waals surface area contributed by atoms with Crippen LogP contribution in [0.5, 0.6) is 5.88 Å². The van der Waals surface area contributed by atoms with Crippen molar-refractivity contribution in [3.63, 3.8) is 0 Å². The number of hydrogen-bond acceptors (Lipinski definition) is 7. The fourth-order valence-electron chi connectivity index (χ4n) is 3.47. The summed E-state index contributed by atoms with van der Waals surface area (Å²) in [5, 5.41) is 7.14. The van der Waals surface area contributed by atoms with Gasteiger partial charge in [-0.2, -0.15) is 4.98 Å². The molecule has 0 fully saturated rings. The standard InChI is InChI=1S/C20H16Cl2N6O2/c21-14-2-1-3-15(22)17(14)28-10-30-18-13(19(28)29)8-25-20(27-18)26-12-6-11-4-5-23-9-16(11)24-7-12/h1-3,6-8,23H,4-5,9-10H2,(H,25,26,27). The van der Waals surface area contributed by atoms with Gasteiger partial charge in [0.15, 0.2) is 6.73 Å². The number of nitrogens with one attached hydrogen (secondary N) is 2. The number of carbonyl (C=O) groups is 1. The smallest absolute Gasteiger partial charge is 0.268 e. The van der Waals surface area contributed by atoms with Gasteiger partial charge < -0.3 is 15.4 Å². The fourth-order valence-corrected chi connectivity index (χ4v) is 4.07. The first kappa shape index (κ1) is 19.0. The zero-order valence-corrected chi connectivity index (χ0v) is 17.2. The van der Waals surface area contributed by atoms with Crippen LogP contribution in [0.25, 0.3) is 0 Å². The lowest BCUT2D eigenvalue weighted by Gasteiger charge is -2.29. The minimum atomic E-state index is -0.333. The number of para-hydroxylation sites is 1. The van der Waals surface area contributed by atoms with E-state index < -0.39 is 0 Å². The Balaban J connectivity index is 1.40. The highest BCUT2D eigenvalue weighted by molar-refractivity contribution is 6.40. The number of halogens is 2. The van der Waals surface area contributed by atoms with Gasteiger partial charge in [-0.1, -0.05) is 29.3 Å². The van der Waals surface area contributed by atoms with Crippen molar-refractivity contribution in [2.75, 3.05) is 23.5 Å². The molecule has 1 amide bonds. The Bertz CT molecular complexity index is 1140. The van der Waals surface area contributed by atoms with Crippen molar-refractivity contribution in [2.24, 2.45) is 0 Å². The summed E-state index contributed by atoms with van der Waals surface area (Å²) in [4.78, 5) is 27.4. The number of hydrogen-bond donors (Lipinski definition) is 2. The van der Waals surface area contributed by atoms with Crippen molar-refractivity contribution in [3.8, 4) is 5.88 Å². The second-order valence-electron chi connectivity index (χ2n) is 6.87. The van der Waals surface area contributed by atoms with Gasteiger partial charge in [0.25, 0.3) is 5.91 Å². The zero-order chi connectivity index (χ0) is 20.7. The molecule has 0 radical (unpaired) electrons. The second kappa shape index (κ2) is 7.71. The molecular weight excluding hydrogens is 427 g/mol. The molecule has 0 spiro atoms. The molecule has 4 heterocycles. The van der Waals surface area contributed by atoms with E-state index in [1.807, 2.05) is 6.07 Å². The highest BCUT2D eigenvalue weighted by Crippen LogP contribution is 2.37. The molecule has 2 aliphatic rings. The van der Waals surface area contributed by atoms with Crippen molar-refractivity contribution in [2.45, 2.75) is 13.0 Å². The summed E-state index contributed by atoms with van der Waals surface area (Å²) in [7, 11) is 0. The van der Waals surface area contributed by atoms with Crippen LogP contribution in [-0.4, -0.2) is 34.1 Å². The van der Waals surface area contributed by atoms with E-state index in [2.05, 4.69) is 25.6 Å². The van der Waals surface area contributed by atoms with Crippen LogP contribution in [0.2, 0.25) is 10.0 Å². The molecule has 3 aromatic rings. The molecule has 1 aromatic carbocycles. The molecule has 0 saturated carbocycles. The molecule has 2 N–H and O–H groups in total. The molecule has 0 atom stereocenters. The summed E-state index contributed by atoms with van der Waals surface area (Å²) in [6.45, 7) is 1.64. The number of pyridine rings is 1. The summed E-state index contributed by atoms with van der Waals surface area (Å²) < 4.78 is 5.71. The largest absolute Gasteiger partial charge is 0.455 e. The lowest BCUT2D eigenvalue weighted by Crippen LogP contribution is -2.39. The third-order valence-corrected chi connectivity index (χ3v) is 5.56. The Morgan fingerprint density at radius 1 is 1.17 bits per heavy atom. The molecule has 0 aliphatic carbocycles. The van der Waals surface area contributed by atoms with E-state index in [1.54, 1.807) is 24.4 Å². The number of carbonyl (C=O) groups excluding carboxylic acids is 1. The minimum Gasteiger partial charge on any atom is -0.455 e. The lowest BCUT2D eigenvalue weighted by atomic mass is 10.1. The zero-order valence-electron chi connectivity index (χ0n) is 15.7. The lowest BCUT2D eigenvalue weighted by molar-refractivity contribution is 0.0932. The summed E-state index contributed by atoms with van der Waals surface area (Å²) >= 11 is 12.5. The maximum atomic E-state index is 13.0. The van der Waals surface area contributed by atoms with Gasteiger partial charge in [-0.15, -0.1) is 0 Å². The van der Waals surface area contributed by atoms with Crippen LogP contribution in [0.3, 0.4) is 0 Å². The summed E-state index contributed by atoms with van der Waals surface area (Å²) in [6.07, 6.45) is 4.09. The molecule has 10 heteroatoms. The van der Waals surface area contributed by atoms with Crippen molar-refractivity contribution in [1.29, 1.82) is 0 Å². The van der Waals surface area contributed by atoms with Crippen molar-refractivity contribution < 1.29 is 9.53 Å². The summed E-state index contributed by atoms with van der Waals surface area (Å²) in [6, 6.07) is 7.08. The maximum absolute atomic E-state index is 13.0. The van der Waals surface area contributed by atoms with Crippen LogP contribution in [-0.2, 0) is 13.0 Å².